The van der Waals surface area contributed by atoms with E-state index in [9.17, 15) is 0 Å². The molecule has 9 heavy (non-hydrogen) atoms. The minimum absolute atomic E-state index is 0.429. The molecule has 0 aromatic carbocycles. The van der Waals surface area contributed by atoms with Crippen LogP contribution >= 0.6 is 15.9 Å². The SMILES string of the molecule is CC(C)(CCN)CCBr. The Morgan fingerprint density at radius 2 is 1.89 bits per heavy atom. The van der Waals surface area contributed by atoms with Crippen molar-refractivity contribution >= 4 is 15.9 Å². The fourth-order valence-electron chi connectivity index (χ4n) is 0.772. The van der Waals surface area contributed by atoms with Gasteiger partial charge in [0.1, 0.15) is 0 Å². The Bertz CT molecular complexity index is 63.3. The van der Waals surface area contributed by atoms with Gasteiger partial charge in [-0.25, -0.2) is 0 Å². The average molecular weight is 194 g/mol. The third-order valence-electron chi connectivity index (χ3n) is 1.59. The van der Waals surface area contributed by atoms with Crippen LogP contribution in [-0.4, -0.2) is 11.9 Å². The molecule has 0 aromatic heterocycles. The molecule has 0 aliphatic rings. The van der Waals surface area contributed by atoms with Gasteiger partial charge in [-0.1, -0.05) is 29.8 Å². The first kappa shape index (κ1) is 9.44. The molecule has 0 heterocycles. The van der Waals surface area contributed by atoms with E-state index >= 15 is 0 Å². The maximum Gasteiger partial charge on any atom is 0.00363 e. The highest BCUT2D eigenvalue weighted by atomic mass is 79.9. The van der Waals surface area contributed by atoms with Gasteiger partial charge in [-0.15, -0.1) is 0 Å². The molecular formula is C7H16BrN. The lowest BCUT2D eigenvalue weighted by Gasteiger charge is -2.21. The molecule has 0 bridgehead atoms. The van der Waals surface area contributed by atoms with Crippen molar-refractivity contribution in [2.24, 2.45) is 11.1 Å². The Balaban J connectivity index is 3.43. The minimum atomic E-state index is 0.429. The maximum atomic E-state index is 5.43. The van der Waals surface area contributed by atoms with Gasteiger partial charge in [0, 0.05) is 5.33 Å². The van der Waals surface area contributed by atoms with E-state index in [1.807, 2.05) is 0 Å². The van der Waals surface area contributed by atoms with Crippen LogP contribution in [0.15, 0.2) is 0 Å². The van der Waals surface area contributed by atoms with Crippen molar-refractivity contribution in [3.05, 3.63) is 0 Å². The first-order chi connectivity index (χ1) is 4.12. The van der Waals surface area contributed by atoms with Crippen molar-refractivity contribution < 1.29 is 0 Å². The number of rotatable bonds is 4. The second kappa shape index (κ2) is 4.29. The molecule has 0 saturated heterocycles. The second-order valence-electron chi connectivity index (χ2n) is 3.14. The molecule has 2 heteroatoms. The van der Waals surface area contributed by atoms with Crippen LogP contribution in [0.1, 0.15) is 26.7 Å². The number of nitrogens with two attached hydrogens (primary N) is 1. The van der Waals surface area contributed by atoms with Crippen LogP contribution in [0.3, 0.4) is 0 Å². The Kier molecular flexibility index (Phi) is 4.50. The van der Waals surface area contributed by atoms with Crippen LogP contribution in [0.5, 0.6) is 0 Å². The third-order valence-corrected chi connectivity index (χ3v) is 1.99. The molecule has 2 N–H and O–H groups in total. The zero-order valence-corrected chi connectivity index (χ0v) is 7.87. The van der Waals surface area contributed by atoms with E-state index in [0.29, 0.717) is 5.41 Å². The largest absolute Gasteiger partial charge is 0.330 e. The van der Waals surface area contributed by atoms with Crippen LogP contribution < -0.4 is 5.73 Å². The number of alkyl halides is 1. The fourth-order valence-corrected chi connectivity index (χ4v) is 1.84. The average Bonchev–Trinajstić information content (AvgIpc) is 1.64. The topological polar surface area (TPSA) is 26.0 Å². The third kappa shape index (κ3) is 4.91. The summed E-state index contributed by atoms with van der Waals surface area (Å²) >= 11 is 3.41. The van der Waals surface area contributed by atoms with E-state index in [4.69, 9.17) is 5.73 Å². The maximum absolute atomic E-state index is 5.43. The highest BCUT2D eigenvalue weighted by Crippen LogP contribution is 2.24. The number of hydrogen-bond donors (Lipinski definition) is 1. The van der Waals surface area contributed by atoms with Gasteiger partial charge < -0.3 is 5.73 Å². The van der Waals surface area contributed by atoms with Crippen LogP contribution in [0.25, 0.3) is 0 Å². The van der Waals surface area contributed by atoms with Crippen LogP contribution in [0.2, 0.25) is 0 Å². The highest BCUT2D eigenvalue weighted by Gasteiger charge is 2.14. The Labute approximate surface area is 66.1 Å². The Hall–Kier alpha value is 0.440. The highest BCUT2D eigenvalue weighted by molar-refractivity contribution is 9.09. The summed E-state index contributed by atoms with van der Waals surface area (Å²) in [5.41, 5.74) is 5.86. The molecule has 0 fully saturated rings. The van der Waals surface area contributed by atoms with Crippen LogP contribution in [-0.2, 0) is 0 Å². The quantitative estimate of drug-likeness (QED) is 0.681. The molecule has 0 rings (SSSR count). The lowest BCUT2D eigenvalue weighted by Crippen LogP contribution is -2.17. The second-order valence-corrected chi connectivity index (χ2v) is 3.93. The molecule has 0 saturated carbocycles. The van der Waals surface area contributed by atoms with Gasteiger partial charge in [0.2, 0.25) is 0 Å². The standard InChI is InChI=1S/C7H16BrN/c1-7(2,3-5-8)4-6-9/h3-6,9H2,1-2H3. The zero-order chi connectivity index (χ0) is 7.33. The molecule has 0 aliphatic heterocycles. The van der Waals surface area contributed by atoms with Gasteiger partial charge in [0.05, 0.1) is 0 Å². The normalized spacial score (nSPS) is 12.0. The van der Waals surface area contributed by atoms with E-state index in [0.717, 1.165) is 18.3 Å². The molecule has 0 radical (unpaired) electrons. The summed E-state index contributed by atoms with van der Waals surface area (Å²) in [7, 11) is 0. The Morgan fingerprint density at radius 1 is 1.33 bits per heavy atom. The van der Waals surface area contributed by atoms with Gasteiger partial charge in [-0.3, -0.25) is 0 Å². The van der Waals surface area contributed by atoms with Crippen molar-refractivity contribution in [1.29, 1.82) is 0 Å². The summed E-state index contributed by atoms with van der Waals surface area (Å²) < 4.78 is 0. The van der Waals surface area contributed by atoms with Gasteiger partial charge in [-0.05, 0) is 24.8 Å². The molecule has 56 valence electrons. The lowest BCUT2D eigenvalue weighted by atomic mass is 9.87. The molecule has 1 nitrogen and oxygen atoms in total. The molecule has 0 aromatic rings. The summed E-state index contributed by atoms with van der Waals surface area (Å²) in [4.78, 5) is 0. The summed E-state index contributed by atoms with van der Waals surface area (Å²) in [6, 6.07) is 0. The summed E-state index contributed by atoms with van der Waals surface area (Å²) in [6.07, 6.45) is 2.34. The van der Waals surface area contributed by atoms with Crippen molar-refractivity contribution in [2.75, 3.05) is 11.9 Å². The summed E-state index contributed by atoms with van der Waals surface area (Å²) in [5, 5.41) is 1.08. The predicted molar refractivity (Wildman–Crippen MR) is 45.9 cm³/mol. The zero-order valence-electron chi connectivity index (χ0n) is 6.28. The smallest absolute Gasteiger partial charge is 0.00363 e. The van der Waals surface area contributed by atoms with E-state index in [1.54, 1.807) is 0 Å². The first-order valence-electron chi connectivity index (χ1n) is 3.38. The molecular weight excluding hydrogens is 178 g/mol. The van der Waals surface area contributed by atoms with E-state index < -0.39 is 0 Å². The molecule has 0 amide bonds. The Morgan fingerprint density at radius 3 is 2.22 bits per heavy atom. The van der Waals surface area contributed by atoms with Crippen LogP contribution in [0, 0.1) is 5.41 Å². The predicted octanol–water partition coefficient (Wildman–Crippen LogP) is 2.15. The van der Waals surface area contributed by atoms with E-state index in [-0.39, 0.29) is 0 Å². The molecule has 0 aliphatic carbocycles. The lowest BCUT2D eigenvalue weighted by molar-refractivity contribution is 0.332. The van der Waals surface area contributed by atoms with E-state index in [1.165, 1.54) is 6.42 Å². The van der Waals surface area contributed by atoms with Gasteiger partial charge in [-0.2, -0.15) is 0 Å². The number of halogens is 1. The van der Waals surface area contributed by atoms with Crippen molar-refractivity contribution in [1.82, 2.24) is 0 Å². The van der Waals surface area contributed by atoms with Crippen LogP contribution in [0.4, 0.5) is 0 Å². The minimum Gasteiger partial charge on any atom is -0.330 e. The molecule has 0 unspecified atom stereocenters. The summed E-state index contributed by atoms with van der Waals surface area (Å²) in [5.74, 6) is 0. The fraction of sp³-hybridized carbons (Fsp3) is 1.00. The first-order valence-corrected chi connectivity index (χ1v) is 4.50. The molecule has 0 spiro atoms. The van der Waals surface area contributed by atoms with Crippen molar-refractivity contribution in [3.63, 3.8) is 0 Å². The molecule has 0 atom stereocenters. The monoisotopic (exact) mass is 193 g/mol. The van der Waals surface area contributed by atoms with Crippen molar-refractivity contribution in [2.45, 2.75) is 26.7 Å². The number of hydrogen-bond acceptors (Lipinski definition) is 1. The van der Waals surface area contributed by atoms with Gasteiger partial charge in [0.15, 0.2) is 0 Å². The van der Waals surface area contributed by atoms with Gasteiger partial charge >= 0.3 is 0 Å². The van der Waals surface area contributed by atoms with E-state index in [2.05, 4.69) is 29.8 Å². The summed E-state index contributed by atoms with van der Waals surface area (Å²) in [6.45, 7) is 5.31. The van der Waals surface area contributed by atoms with Gasteiger partial charge in [0.25, 0.3) is 0 Å². The van der Waals surface area contributed by atoms with Crippen molar-refractivity contribution in [3.8, 4) is 0 Å².